The fourth-order valence-corrected chi connectivity index (χ4v) is 2.86. The van der Waals surface area contributed by atoms with Crippen molar-refractivity contribution in [2.45, 2.75) is 25.3 Å². The quantitative estimate of drug-likeness (QED) is 0.769. The second-order valence-corrected chi connectivity index (χ2v) is 6.16. The highest BCUT2D eigenvalue weighted by atomic mass is 16.5. The van der Waals surface area contributed by atoms with E-state index in [9.17, 15) is 0 Å². The van der Waals surface area contributed by atoms with Gasteiger partial charge in [-0.05, 0) is 30.7 Å². The first kappa shape index (κ1) is 14.1. The highest BCUT2D eigenvalue weighted by Crippen LogP contribution is 2.28. The minimum atomic E-state index is 0.578. The summed E-state index contributed by atoms with van der Waals surface area (Å²) in [5, 5.41) is 3.63. The molecule has 0 bridgehead atoms. The Morgan fingerprint density at radius 1 is 1.20 bits per heavy atom. The summed E-state index contributed by atoms with van der Waals surface area (Å²) in [5.41, 5.74) is 1.43. The Morgan fingerprint density at radius 3 is 2.85 bits per heavy atom. The van der Waals surface area contributed by atoms with E-state index in [0.717, 1.165) is 51.7 Å². The fraction of sp³-hybridized carbons (Fsp3) is 0.647. The average Bonchev–Trinajstić information content (AvgIpc) is 3.29. The summed E-state index contributed by atoms with van der Waals surface area (Å²) in [7, 11) is 0. The van der Waals surface area contributed by atoms with E-state index in [0.29, 0.717) is 6.04 Å². The zero-order valence-corrected chi connectivity index (χ0v) is 12.3. The van der Waals surface area contributed by atoms with Crippen molar-refractivity contribution in [1.29, 1.82) is 0 Å². The molecule has 1 atom stereocenters. The van der Waals surface area contributed by atoms with Crippen molar-refractivity contribution in [2.75, 3.05) is 39.4 Å². The number of nitrogens with zero attached hydrogens (tertiary/aromatic N) is 1. The predicted molar refractivity (Wildman–Crippen MR) is 81.9 cm³/mol. The molecule has 2 aliphatic rings. The maximum Gasteiger partial charge on any atom is 0.0593 e. The number of nitrogens with one attached hydrogen (secondary N) is 1. The molecule has 3 heteroatoms. The Hall–Kier alpha value is -0.900. The molecule has 1 unspecified atom stereocenters. The van der Waals surface area contributed by atoms with Gasteiger partial charge in [0.15, 0.2) is 0 Å². The molecule has 1 aliphatic heterocycles. The molecule has 1 aromatic carbocycles. The summed E-state index contributed by atoms with van der Waals surface area (Å²) in [6, 6.07) is 11.4. The van der Waals surface area contributed by atoms with Crippen molar-refractivity contribution in [2.24, 2.45) is 5.92 Å². The van der Waals surface area contributed by atoms with Crippen LogP contribution in [0.25, 0.3) is 0 Å². The van der Waals surface area contributed by atoms with Crippen LogP contribution < -0.4 is 5.32 Å². The van der Waals surface area contributed by atoms with Crippen LogP contribution in [-0.2, 0) is 11.2 Å². The molecule has 0 amide bonds. The molecule has 0 spiro atoms. The van der Waals surface area contributed by atoms with Gasteiger partial charge in [-0.3, -0.25) is 4.90 Å². The minimum absolute atomic E-state index is 0.578. The summed E-state index contributed by atoms with van der Waals surface area (Å²) in [6.07, 6.45) is 3.89. The van der Waals surface area contributed by atoms with Gasteiger partial charge in [0.05, 0.1) is 6.61 Å². The van der Waals surface area contributed by atoms with Crippen LogP contribution >= 0.6 is 0 Å². The highest BCUT2D eigenvalue weighted by Gasteiger charge is 2.22. The Kier molecular flexibility index (Phi) is 5.06. The van der Waals surface area contributed by atoms with E-state index in [4.69, 9.17) is 4.74 Å². The Morgan fingerprint density at radius 2 is 2.05 bits per heavy atom. The Bertz CT molecular complexity index is 391. The van der Waals surface area contributed by atoms with Crippen molar-refractivity contribution in [3.05, 3.63) is 35.9 Å². The monoisotopic (exact) mass is 274 g/mol. The summed E-state index contributed by atoms with van der Waals surface area (Å²) in [5.74, 6) is 0.879. The number of ether oxygens (including phenoxy) is 1. The first-order valence-corrected chi connectivity index (χ1v) is 7.97. The van der Waals surface area contributed by atoms with Crippen molar-refractivity contribution >= 4 is 0 Å². The molecular weight excluding hydrogens is 248 g/mol. The molecule has 0 aromatic heterocycles. The highest BCUT2D eigenvalue weighted by molar-refractivity contribution is 5.16. The van der Waals surface area contributed by atoms with Gasteiger partial charge >= 0.3 is 0 Å². The average molecular weight is 274 g/mol. The third-order valence-corrected chi connectivity index (χ3v) is 4.27. The summed E-state index contributed by atoms with van der Waals surface area (Å²) in [6.45, 7) is 6.35. The number of hydrogen-bond donors (Lipinski definition) is 1. The number of benzene rings is 1. The van der Waals surface area contributed by atoms with Crippen molar-refractivity contribution in [1.82, 2.24) is 10.2 Å². The van der Waals surface area contributed by atoms with Gasteiger partial charge in [-0.15, -0.1) is 0 Å². The van der Waals surface area contributed by atoms with Crippen LogP contribution in [0.5, 0.6) is 0 Å². The molecule has 3 rings (SSSR count). The lowest BCUT2D eigenvalue weighted by atomic mass is 10.0. The maximum atomic E-state index is 5.75. The van der Waals surface area contributed by atoms with Gasteiger partial charge in [0, 0.05) is 38.8 Å². The number of hydrogen-bond acceptors (Lipinski definition) is 3. The van der Waals surface area contributed by atoms with Crippen molar-refractivity contribution in [3.8, 4) is 0 Å². The zero-order chi connectivity index (χ0) is 13.6. The maximum absolute atomic E-state index is 5.75. The normalized spacial score (nSPS) is 23.9. The SMILES string of the molecule is c1ccc(CC2CN(CCOCC3CC3)CCN2)cc1. The van der Waals surface area contributed by atoms with Gasteiger partial charge in [0.1, 0.15) is 0 Å². The molecule has 110 valence electrons. The van der Waals surface area contributed by atoms with Gasteiger partial charge in [-0.2, -0.15) is 0 Å². The minimum Gasteiger partial charge on any atom is -0.380 e. The van der Waals surface area contributed by atoms with Gasteiger partial charge in [-0.1, -0.05) is 30.3 Å². The molecule has 1 N–H and O–H groups in total. The van der Waals surface area contributed by atoms with Crippen LogP contribution in [0.2, 0.25) is 0 Å². The van der Waals surface area contributed by atoms with Crippen molar-refractivity contribution in [3.63, 3.8) is 0 Å². The Labute approximate surface area is 122 Å². The van der Waals surface area contributed by atoms with Crippen LogP contribution in [0.4, 0.5) is 0 Å². The zero-order valence-electron chi connectivity index (χ0n) is 12.3. The van der Waals surface area contributed by atoms with Crippen LogP contribution in [0.1, 0.15) is 18.4 Å². The topological polar surface area (TPSA) is 24.5 Å². The van der Waals surface area contributed by atoms with Crippen molar-refractivity contribution < 1.29 is 4.74 Å². The lowest BCUT2D eigenvalue weighted by Gasteiger charge is -2.33. The third kappa shape index (κ3) is 4.58. The Balaban J connectivity index is 1.37. The molecule has 0 radical (unpaired) electrons. The summed E-state index contributed by atoms with van der Waals surface area (Å²) in [4.78, 5) is 2.54. The van der Waals surface area contributed by atoms with E-state index in [1.807, 2.05) is 0 Å². The van der Waals surface area contributed by atoms with E-state index in [-0.39, 0.29) is 0 Å². The van der Waals surface area contributed by atoms with Gasteiger partial charge in [-0.25, -0.2) is 0 Å². The molecule has 20 heavy (non-hydrogen) atoms. The molecule has 3 nitrogen and oxygen atoms in total. The fourth-order valence-electron chi connectivity index (χ4n) is 2.86. The number of rotatable bonds is 7. The van der Waals surface area contributed by atoms with Gasteiger partial charge in [0.25, 0.3) is 0 Å². The van der Waals surface area contributed by atoms with E-state index in [1.165, 1.54) is 18.4 Å². The molecule has 1 aliphatic carbocycles. The van der Waals surface area contributed by atoms with Crippen LogP contribution in [0.3, 0.4) is 0 Å². The molecule has 1 saturated heterocycles. The van der Waals surface area contributed by atoms with E-state index >= 15 is 0 Å². The first-order chi connectivity index (χ1) is 9.90. The lowest BCUT2D eigenvalue weighted by Crippen LogP contribution is -2.52. The lowest BCUT2D eigenvalue weighted by molar-refractivity contribution is 0.0855. The molecule has 1 aromatic rings. The molecule has 2 fully saturated rings. The summed E-state index contributed by atoms with van der Waals surface area (Å²) >= 11 is 0. The van der Waals surface area contributed by atoms with Crippen LogP contribution in [0.15, 0.2) is 30.3 Å². The summed E-state index contributed by atoms with van der Waals surface area (Å²) < 4.78 is 5.75. The first-order valence-electron chi connectivity index (χ1n) is 7.97. The van der Waals surface area contributed by atoms with E-state index < -0.39 is 0 Å². The third-order valence-electron chi connectivity index (χ3n) is 4.27. The molecule has 1 saturated carbocycles. The van der Waals surface area contributed by atoms with E-state index in [2.05, 4.69) is 40.5 Å². The van der Waals surface area contributed by atoms with Crippen LogP contribution in [-0.4, -0.2) is 50.3 Å². The standard InChI is InChI=1S/C17H26N2O/c1-2-4-15(5-3-1)12-17-13-19(9-8-18-17)10-11-20-14-16-6-7-16/h1-5,16-18H,6-14H2. The van der Waals surface area contributed by atoms with Gasteiger partial charge < -0.3 is 10.1 Å². The second kappa shape index (κ2) is 7.21. The van der Waals surface area contributed by atoms with Gasteiger partial charge in [0.2, 0.25) is 0 Å². The predicted octanol–water partition coefficient (Wildman–Crippen LogP) is 1.93. The number of piperazine rings is 1. The van der Waals surface area contributed by atoms with Crippen LogP contribution in [0, 0.1) is 5.92 Å². The molecular formula is C17H26N2O. The smallest absolute Gasteiger partial charge is 0.0593 e. The van der Waals surface area contributed by atoms with E-state index in [1.54, 1.807) is 0 Å². The molecule has 1 heterocycles. The largest absolute Gasteiger partial charge is 0.380 e. The second-order valence-electron chi connectivity index (χ2n) is 6.16.